The van der Waals surface area contributed by atoms with Gasteiger partial charge in [-0.1, -0.05) is 18.2 Å². The summed E-state index contributed by atoms with van der Waals surface area (Å²) < 4.78 is 0.336. The minimum atomic E-state index is -0.492. The smallest absolute Gasteiger partial charge is 0.253 e. The minimum absolute atomic E-state index is 0.336. The molecule has 0 N–H and O–H groups in total. The van der Waals surface area contributed by atoms with Gasteiger partial charge < -0.3 is 9.94 Å². The fourth-order valence-electron chi connectivity index (χ4n) is 1.17. The Balaban J connectivity index is 3.01. The largest absolute Gasteiger partial charge is 0.803 e. The molecule has 60 valence electrons. The molecule has 12 heavy (non-hydrogen) atoms. The van der Waals surface area contributed by atoms with Crippen LogP contribution in [-0.4, -0.2) is 4.73 Å². The van der Waals surface area contributed by atoms with Crippen molar-refractivity contribution < 1.29 is 0 Å². The Labute approximate surface area is 68.5 Å². The molecule has 3 nitrogen and oxygen atoms in total. The molecule has 0 saturated heterocycles. The summed E-state index contributed by atoms with van der Waals surface area (Å²) >= 11 is 0. The average molecular weight is 160 g/mol. The molecule has 0 spiro atoms. The van der Waals surface area contributed by atoms with E-state index in [-0.39, 0.29) is 0 Å². The van der Waals surface area contributed by atoms with Crippen molar-refractivity contribution in [2.45, 2.75) is 0 Å². The van der Waals surface area contributed by atoms with Crippen LogP contribution >= 0.6 is 0 Å². The number of nitrogens with zero attached hydrogens (tertiary/aromatic N) is 1. The Morgan fingerprint density at radius 1 is 1.17 bits per heavy atom. The maximum Gasteiger partial charge on any atom is 0.253 e. The lowest BCUT2D eigenvalue weighted by atomic mass is 10.2. The van der Waals surface area contributed by atoms with Crippen LogP contribution in [0.25, 0.3) is 10.8 Å². The molecule has 2 aromatic rings. The van der Waals surface area contributed by atoms with Crippen LogP contribution in [0.1, 0.15) is 0 Å². The van der Waals surface area contributed by atoms with E-state index in [0.29, 0.717) is 10.1 Å². The van der Waals surface area contributed by atoms with Gasteiger partial charge in [0.1, 0.15) is 0 Å². The highest BCUT2D eigenvalue weighted by molar-refractivity contribution is 5.81. The fraction of sp³-hybridized carbons (Fsp3) is 0. The summed E-state index contributed by atoms with van der Waals surface area (Å²) in [4.78, 5) is 11.2. The molecule has 0 fully saturated rings. The summed E-state index contributed by atoms with van der Waals surface area (Å²) in [5.74, 6) is 0. The minimum Gasteiger partial charge on any atom is -0.803 e. The third-order valence-corrected chi connectivity index (χ3v) is 1.78. The second kappa shape index (κ2) is 2.37. The van der Waals surface area contributed by atoms with Gasteiger partial charge in [0.05, 0.1) is 0 Å². The lowest BCUT2D eigenvalue weighted by Gasteiger charge is -2.08. The first-order valence-corrected chi connectivity index (χ1v) is 3.57. The number of hydrogen-bond acceptors (Lipinski definition) is 2. The van der Waals surface area contributed by atoms with Gasteiger partial charge in [-0.25, -0.2) is 0 Å². The van der Waals surface area contributed by atoms with E-state index in [1.807, 2.05) is 6.07 Å². The molecular weight excluding hydrogens is 154 g/mol. The summed E-state index contributed by atoms with van der Waals surface area (Å²) in [6.45, 7) is 0. The zero-order valence-electron chi connectivity index (χ0n) is 6.23. The van der Waals surface area contributed by atoms with Gasteiger partial charge in [-0.05, 0) is 17.5 Å². The van der Waals surface area contributed by atoms with Gasteiger partial charge in [0, 0.05) is 11.6 Å². The molecule has 1 aromatic carbocycles. The predicted octanol–water partition coefficient (Wildman–Crippen LogP) is 1.35. The zero-order valence-corrected chi connectivity index (χ0v) is 6.23. The highest BCUT2D eigenvalue weighted by atomic mass is 16.5. The second-order valence-corrected chi connectivity index (χ2v) is 2.53. The van der Waals surface area contributed by atoms with Crippen LogP contribution in [0.3, 0.4) is 0 Å². The highest BCUT2D eigenvalue weighted by Crippen LogP contribution is 2.06. The molecule has 1 heterocycles. The van der Waals surface area contributed by atoms with E-state index in [4.69, 9.17) is 0 Å². The summed E-state index contributed by atoms with van der Waals surface area (Å²) in [7, 11) is 0. The lowest BCUT2D eigenvalue weighted by molar-refractivity contribution is 1.02. The zero-order chi connectivity index (χ0) is 8.55. The summed E-state index contributed by atoms with van der Waals surface area (Å²) in [6, 6.07) is 8.65. The van der Waals surface area contributed by atoms with Crippen LogP contribution in [0.2, 0.25) is 0 Å². The van der Waals surface area contributed by atoms with Crippen molar-refractivity contribution in [3.8, 4) is 0 Å². The molecule has 3 heteroatoms. The molecule has 0 unspecified atom stereocenters. The topological polar surface area (TPSA) is 45.1 Å². The Morgan fingerprint density at radius 3 is 2.75 bits per heavy atom. The third kappa shape index (κ3) is 0.871. The lowest BCUT2D eigenvalue weighted by Crippen LogP contribution is -2.13. The van der Waals surface area contributed by atoms with E-state index in [0.717, 1.165) is 5.39 Å². The maximum absolute atomic E-state index is 11.2. The highest BCUT2D eigenvalue weighted by Gasteiger charge is 1.94. The molecule has 0 radical (unpaired) electrons. The third-order valence-electron chi connectivity index (χ3n) is 1.78. The first-order valence-electron chi connectivity index (χ1n) is 3.57. The number of pyridine rings is 1. The molecule has 0 aliphatic heterocycles. The molecule has 0 aliphatic rings. The van der Waals surface area contributed by atoms with Crippen LogP contribution < -0.4 is 5.56 Å². The van der Waals surface area contributed by atoms with Crippen molar-refractivity contribution in [2.75, 3.05) is 0 Å². The van der Waals surface area contributed by atoms with Crippen molar-refractivity contribution in [1.82, 2.24) is 4.73 Å². The summed E-state index contributed by atoms with van der Waals surface area (Å²) in [5, 5.41) is 12.1. The molecule has 1 aromatic heterocycles. The quantitative estimate of drug-likeness (QED) is 0.583. The summed E-state index contributed by atoms with van der Waals surface area (Å²) in [5.41, 5.74) is -0.492. The van der Waals surface area contributed by atoms with Crippen LogP contribution in [0.5, 0.6) is 0 Å². The van der Waals surface area contributed by atoms with Gasteiger partial charge >= 0.3 is 0 Å². The van der Waals surface area contributed by atoms with E-state index >= 15 is 0 Å². The van der Waals surface area contributed by atoms with Gasteiger partial charge in [-0.2, -0.15) is 0 Å². The Hall–Kier alpha value is -1.77. The van der Waals surface area contributed by atoms with Crippen molar-refractivity contribution >= 4 is 10.8 Å². The molecule has 0 atom stereocenters. The standard InChI is InChI=1S/C9H6NO2/c11-9-8-4-2-1-3-7(8)5-6-10(9)12/h1-6H/q-1. The molecule has 0 aliphatic carbocycles. The first kappa shape index (κ1) is 6.91. The van der Waals surface area contributed by atoms with Gasteiger partial charge in [0.25, 0.3) is 5.56 Å². The Morgan fingerprint density at radius 2 is 1.92 bits per heavy atom. The van der Waals surface area contributed by atoms with Gasteiger partial charge in [-0.15, -0.1) is 0 Å². The van der Waals surface area contributed by atoms with Gasteiger partial charge in [0.2, 0.25) is 0 Å². The number of benzene rings is 1. The van der Waals surface area contributed by atoms with Crippen LogP contribution in [-0.2, 0) is 0 Å². The Kier molecular flexibility index (Phi) is 1.37. The van der Waals surface area contributed by atoms with Crippen molar-refractivity contribution in [3.05, 3.63) is 52.1 Å². The molecule has 2 rings (SSSR count). The monoisotopic (exact) mass is 160 g/mol. The van der Waals surface area contributed by atoms with Crippen LogP contribution in [0.15, 0.2) is 41.3 Å². The second-order valence-electron chi connectivity index (χ2n) is 2.53. The molecule has 0 bridgehead atoms. The van der Waals surface area contributed by atoms with E-state index in [1.165, 1.54) is 6.20 Å². The van der Waals surface area contributed by atoms with Crippen molar-refractivity contribution in [1.29, 1.82) is 0 Å². The summed E-state index contributed by atoms with van der Waals surface area (Å²) in [6.07, 6.45) is 1.23. The van der Waals surface area contributed by atoms with Crippen LogP contribution in [0.4, 0.5) is 0 Å². The van der Waals surface area contributed by atoms with Crippen molar-refractivity contribution in [3.63, 3.8) is 0 Å². The van der Waals surface area contributed by atoms with Crippen molar-refractivity contribution in [2.24, 2.45) is 0 Å². The molecule has 0 amide bonds. The average Bonchev–Trinajstić information content (AvgIpc) is 2.12. The van der Waals surface area contributed by atoms with E-state index in [9.17, 15) is 10.0 Å². The van der Waals surface area contributed by atoms with Crippen LogP contribution in [0, 0.1) is 5.21 Å². The maximum atomic E-state index is 11.2. The SMILES string of the molecule is O=c1c2ccccc2ccn1[O-]. The number of fused-ring (bicyclic) bond motifs is 1. The predicted molar refractivity (Wildman–Crippen MR) is 47.0 cm³/mol. The van der Waals surface area contributed by atoms with E-state index in [1.54, 1.807) is 24.3 Å². The number of aromatic nitrogens is 1. The number of hydrogen-bond donors (Lipinski definition) is 0. The molecular formula is C9H6NO2-. The van der Waals surface area contributed by atoms with Gasteiger partial charge in [0.15, 0.2) is 0 Å². The van der Waals surface area contributed by atoms with E-state index in [2.05, 4.69) is 0 Å². The normalized spacial score (nSPS) is 10.3. The number of rotatable bonds is 0. The first-order chi connectivity index (χ1) is 5.79. The fourth-order valence-corrected chi connectivity index (χ4v) is 1.17. The Bertz CT molecular complexity index is 473. The molecule has 0 saturated carbocycles. The van der Waals surface area contributed by atoms with E-state index < -0.39 is 5.56 Å². The van der Waals surface area contributed by atoms with Gasteiger partial charge in [-0.3, -0.25) is 4.79 Å².